The number of piperazine rings is 1. The molecule has 1 aromatic rings. The highest BCUT2D eigenvalue weighted by Crippen LogP contribution is 2.31. The maximum atomic E-state index is 12.7. The summed E-state index contributed by atoms with van der Waals surface area (Å²) in [6.45, 7) is 2.04. The Morgan fingerprint density at radius 1 is 1.26 bits per heavy atom. The fourth-order valence-electron chi connectivity index (χ4n) is 3.35. The van der Waals surface area contributed by atoms with Gasteiger partial charge in [-0.15, -0.1) is 11.8 Å². The molecule has 4 heteroatoms. The smallest absolute Gasteiger partial charge is 0.254 e. The van der Waals surface area contributed by atoms with Gasteiger partial charge < -0.3 is 9.80 Å². The molecule has 2 bridgehead atoms. The summed E-state index contributed by atoms with van der Waals surface area (Å²) in [5.74, 6) is 0.219. The minimum Gasteiger partial charge on any atom is -0.330 e. The highest BCUT2D eigenvalue weighted by molar-refractivity contribution is 7.98. The maximum Gasteiger partial charge on any atom is 0.254 e. The Morgan fingerprint density at radius 2 is 1.95 bits per heavy atom. The van der Waals surface area contributed by atoms with E-state index in [1.165, 1.54) is 0 Å². The van der Waals surface area contributed by atoms with Gasteiger partial charge in [-0.1, -0.05) is 6.07 Å². The van der Waals surface area contributed by atoms with Crippen LogP contribution in [0.3, 0.4) is 0 Å². The topological polar surface area (TPSA) is 23.6 Å². The molecule has 0 N–H and O–H groups in total. The number of nitrogens with zero attached hydrogens (tertiary/aromatic N) is 2. The largest absolute Gasteiger partial charge is 0.330 e. The third-order valence-corrected chi connectivity index (χ3v) is 4.94. The van der Waals surface area contributed by atoms with Crippen LogP contribution in [0.5, 0.6) is 0 Å². The number of rotatable bonds is 2. The van der Waals surface area contributed by atoms with Crippen LogP contribution >= 0.6 is 11.8 Å². The lowest BCUT2D eigenvalue weighted by atomic mass is 10.1. The Balaban J connectivity index is 1.84. The van der Waals surface area contributed by atoms with Gasteiger partial charge in [0, 0.05) is 35.6 Å². The maximum absolute atomic E-state index is 12.7. The van der Waals surface area contributed by atoms with Gasteiger partial charge >= 0.3 is 0 Å². The first-order chi connectivity index (χ1) is 9.19. The quantitative estimate of drug-likeness (QED) is 0.775. The second-order valence-electron chi connectivity index (χ2n) is 5.55. The van der Waals surface area contributed by atoms with Crippen LogP contribution in [-0.4, -0.2) is 54.2 Å². The molecule has 3 rings (SSSR count). The van der Waals surface area contributed by atoms with Crippen LogP contribution in [0, 0.1) is 0 Å². The van der Waals surface area contributed by atoms with Crippen molar-refractivity contribution in [1.29, 1.82) is 0 Å². The number of amides is 1. The molecule has 2 fully saturated rings. The van der Waals surface area contributed by atoms with Gasteiger partial charge in [0.15, 0.2) is 0 Å². The molecule has 2 saturated heterocycles. The molecule has 2 unspecified atom stereocenters. The van der Waals surface area contributed by atoms with Crippen LogP contribution in [0.15, 0.2) is 29.2 Å². The van der Waals surface area contributed by atoms with Crippen molar-refractivity contribution in [2.45, 2.75) is 29.8 Å². The first kappa shape index (κ1) is 13.0. The van der Waals surface area contributed by atoms with Crippen molar-refractivity contribution in [2.75, 3.05) is 26.4 Å². The van der Waals surface area contributed by atoms with Crippen LogP contribution in [-0.2, 0) is 0 Å². The van der Waals surface area contributed by atoms with E-state index in [1.54, 1.807) is 11.8 Å². The fourth-order valence-corrected chi connectivity index (χ4v) is 3.81. The molecule has 102 valence electrons. The minimum absolute atomic E-state index is 0.219. The third kappa shape index (κ3) is 2.39. The summed E-state index contributed by atoms with van der Waals surface area (Å²) in [5, 5.41) is 0. The first-order valence-electron chi connectivity index (χ1n) is 6.84. The molecule has 3 nitrogen and oxygen atoms in total. The minimum atomic E-state index is 0.219. The molecule has 19 heavy (non-hydrogen) atoms. The Hall–Kier alpha value is -1.00. The number of fused-ring (bicyclic) bond motifs is 2. The van der Waals surface area contributed by atoms with Crippen LogP contribution in [0.1, 0.15) is 23.2 Å². The predicted molar refractivity (Wildman–Crippen MR) is 78.7 cm³/mol. The van der Waals surface area contributed by atoms with E-state index in [9.17, 15) is 4.79 Å². The van der Waals surface area contributed by atoms with Crippen molar-refractivity contribution >= 4 is 17.7 Å². The molecule has 2 heterocycles. The Kier molecular flexibility index (Phi) is 3.54. The van der Waals surface area contributed by atoms with Crippen molar-refractivity contribution in [3.8, 4) is 0 Å². The van der Waals surface area contributed by atoms with Crippen LogP contribution in [0.4, 0.5) is 0 Å². The van der Waals surface area contributed by atoms with Crippen LogP contribution < -0.4 is 0 Å². The SMILES string of the molecule is CSc1cccc(C(=O)N2C3CCC2CN(C)C3)c1. The van der Waals surface area contributed by atoms with E-state index in [-0.39, 0.29) is 5.91 Å². The monoisotopic (exact) mass is 276 g/mol. The van der Waals surface area contributed by atoms with Crippen molar-refractivity contribution < 1.29 is 4.79 Å². The normalized spacial score (nSPS) is 26.7. The molecule has 1 amide bonds. The number of hydrogen-bond acceptors (Lipinski definition) is 3. The summed E-state index contributed by atoms with van der Waals surface area (Å²) in [5.41, 5.74) is 0.841. The Labute approximate surface area is 119 Å². The molecular weight excluding hydrogens is 256 g/mol. The average Bonchev–Trinajstić information content (AvgIpc) is 2.70. The lowest BCUT2D eigenvalue weighted by molar-refractivity contribution is 0.0472. The predicted octanol–water partition coefficient (Wildman–Crippen LogP) is 2.33. The van der Waals surface area contributed by atoms with E-state index in [1.807, 2.05) is 24.5 Å². The van der Waals surface area contributed by atoms with E-state index >= 15 is 0 Å². The van der Waals surface area contributed by atoms with Gasteiger partial charge in [0.25, 0.3) is 5.91 Å². The summed E-state index contributed by atoms with van der Waals surface area (Å²) in [7, 11) is 2.15. The second kappa shape index (κ2) is 5.17. The van der Waals surface area contributed by atoms with Crippen molar-refractivity contribution in [2.24, 2.45) is 0 Å². The zero-order chi connectivity index (χ0) is 13.4. The number of thioether (sulfide) groups is 1. The lowest BCUT2D eigenvalue weighted by Crippen LogP contribution is -2.54. The molecular formula is C15H20N2OS. The molecule has 0 radical (unpaired) electrons. The van der Waals surface area contributed by atoms with Gasteiger partial charge in [0.05, 0.1) is 0 Å². The van der Waals surface area contributed by atoms with Crippen LogP contribution in [0.2, 0.25) is 0 Å². The molecule has 0 saturated carbocycles. The lowest BCUT2D eigenvalue weighted by Gasteiger charge is -2.39. The number of carbonyl (C=O) groups is 1. The number of carbonyl (C=O) groups excluding carboxylic acids is 1. The standard InChI is InChI=1S/C15H20N2OS/c1-16-9-12-6-7-13(10-16)17(12)15(18)11-4-3-5-14(8-11)19-2/h3-5,8,12-13H,6-7,9-10H2,1-2H3. The van der Waals surface area contributed by atoms with Gasteiger partial charge in [0.1, 0.15) is 0 Å². The van der Waals surface area contributed by atoms with E-state index in [0.717, 1.165) is 36.4 Å². The molecule has 2 aliphatic heterocycles. The summed E-state index contributed by atoms with van der Waals surface area (Å²) in [4.78, 5) is 18.4. The van der Waals surface area contributed by atoms with Gasteiger partial charge in [-0.3, -0.25) is 4.79 Å². The van der Waals surface area contributed by atoms with Gasteiger partial charge in [-0.2, -0.15) is 0 Å². The third-order valence-electron chi connectivity index (χ3n) is 4.22. The number of likely N-dealkylation sites (N-methyl/N-ethyl adjacent to an activating group) is 1. The number of likely N-dealkylation sites (tertiary alicyclic amines) is 1. The zero-order valence-corrected chi connectivity index (χ0v) is 12.3. The van der Waals surface area contributed by atoms with Gasteiger partial charge in [-0.05, 0) is 44.3 Å². The summed E-state index contributed by atoms with van der Waals surface area (Å²) < 4.78 is 0. The summed E-state index contributed by atoms with van der Waals surface area (Å²) >= 11 is 1.69. The zero-order valence-electron chi connectivity index (χ0n) is 11.5. The van der Waals surface area contributed by atoms with E-state index in [2.05, 4.69) is 22.9 Å². The van der Waals surface area contributed by atoms with Crippen LogP contribution in [0.25, 0.3) is 0 Å². The number of benzene rings is 1. The second-order valence-corrected chi connectivity index (χ2v) is 6.43. The van der Waals surface area contributed by atoms with E-state index < -0.39 is 0 Å². The van der Waals surface area contributed by atoms with Crippen molar-refractivity contribution in [3.63, 3.8) is 0 Å². The molecule has 0 aromatic heterocycles. The highest BCUT2D eigenvalue weighted by Gasteiger charge is 2.41. The van der Waals surface area contributed by atoms with E-state index in [4.69, 9.17) is 0 Å². The Bertz CT molecular complexity index is 477. The van der Waals surface area contributed by atoms with Crippen molar-refractivity contribution in [3.05, 3.63) is 29.8 Å². The molecule has 0 spiro atoms. The molecule has 2 atom stereocenters. The molecule has 2 aliphatic rings. The summed E-state index contributed by atoms with van der Waals surface area (Å²) in [6, 6.07) is 8.82. The van der Waals surface area contributed by atoms with Gasteiger partial charge in [0.2, 0.25) is 0 Å². The fraction of sp³-hybridized carbons (Fsp3) is 0.533. The van der Waals surface area contributed by atoms with E-state index in [0.29, 0.717) is 12.1 Å². The molecule has 0 aliphatic carbocycles. The number of hydrogen-bond donors (Lipinski definition) is 0. The highest BCUT2D eigenvalue weighted by atomic mass is 32.2. The summed E-state index contributed by atoms with van der Waals surface area (Å²) in [6.07, 6.45) is 4.36. The first-order valence-corrected chi connectivity index (χ1v) is 8.07. The molecule has 1 aromatic carbocycles. The Morgan fingerprint density at radius 3 is 2.58 bits per heavy atom. The van der Waals surface area contributed by atoms with Crippen molar-refractivity contribution in [1.82, 2.24) is 9.80 Å². The van der Waals surface area contributed by atoms with Gasteiger partial charge in [-0.25, -0.2) is 0 Å². The average molecular weight is 276 g/mol.